The molecule has 1 heterocycles. The molecule has 142 valence electrons. The van der Waals surface area contributed by atoms with Gasteiger partial charge in [-0.25, -0.2) is 4.39 Å². The van der Waals surface area contributed by atoms with E-state index in [4.69, 9.17) is 14.2 Å². The van der Waals surface area contributed by atoms with E-state index in [-0.39, 0.29) is 6.61 Å². The molecule has 1 aliphatic heterocycles. The molecular weight excluding hydrogens is 335 g/mol. The Morgan fingerprint density at radius 1 is 1.12 bits per heavy atom. The van der Waals surface area contributed by atoms with Gasteiger partial charge in [0.15, 0.2) is 0 Å². The molecule has 0 atom stereocenters. The molecule has 1 aromatic carbocycles. The molecule has 0 fully saturated rings. The summed E-state index contributed by atoms with van der Waals surface area (Å²) in [5, 5.41) is 6.46. The third-order valence-corrected chi connectivity index (χ3v) is 3.75. The van der Waals surface area contributed by atoms with Crippen molar-refractivity contribution in [2.24, 2.45) is 0 Å². The summed E-state index contributed by atoms with van der Waals surface area (Å²) in [5.74, 6) is 0.771. The third-order valence-electron chi connectivity index (χ3n) is 3.75. The van der Waals surface area contributed by atoms with Crippen LogP contribution in [0, 0.1) is 0 Å². The van der Waals surface area contributed by atoms with Crippen LogP contribution in [0.15, 0.2) is 54.5 Å². The molecule has 2 N–H and O–H groups in total. The Kier molecular flexibility index (Phi) is 8.72. The van der Waals surface area contributed by atoms with E-state index in [1.807, 2.05) is 37.4 Å². The van der Waals surface area contributed by atoms with Crippen LogP contribution < -0.4 is 10.6 Å². The minimum atomic E-state index is -0.470. The van der Waals surface area contributed by atoms with Gasteiger partial charge in [-0.15, -0.1) is 0 Å². The van der Waals surface area contributed by atoms with Crippen molar-refractivity contribution in [1.29, 1.82) is 0 Å². The van der Waals surface area contributed by atoms with Crippen molar-refractivity contribution in [3.05, 3.63) is 60.0 Å². The highest BCUT2D eigenvalue weighted by atomic mass is 19.1. The maximum atomic E-state index is 11.9. The Balaban J connectivity index is 1.87. The van der Waals surface area contributed by atoms with Gasteiger partial charge < -0.3 is 24.8 Å². The molecule has 0 saturated heterocycles. The van der Waals surface area contributed by atoms with Crippen LogP contribution in [0.1, 0.15) is 5.56 Å². The summed E-state index contributed by atoms with van der Waals surface area (Å²) in [5.41, 5.74) is 4.04. The van der Waals surface area contributed by atoms with Crippen LogP contribution in [-0.2, 0) is 20.6 Å². The molecule has 0 amide bonds. The number of hydrogen-bond acceptors (Lipinski definition) is 5. The lowest BCUT2D eigenvalue weighted by Crippen LogP contribution is -2.10. The smallest absolute Gasteiger partial charge is 0.115 e. The Hall–Kier alpha value is -2.31. The molecule has 0 bridgehead atoms. The van der Waals surface area contributed by atoms with Crippen LogP contribution >= 0.6 is 0 Å². The van der Waals surface area contributed by atoms with Crippen molar-refractivity contribution in [3.8, 4) is 0 Å². The van der Waals surface area contributed by atoms with Gasteiger partial charge in [-0.1, -0.05) is 6.58 Å². The Labute approximate surface area is 154 Å². The number of rotatable bonds is 10. The highest BCUT2D eigenvalue weighted by Gasteiger charge is 2.06. The number of fused-ring (bicyclic) bond motifs is 1. The second kappa shape index (κ2) is 11.3. The van der Waals surface area contributed by atoms with Gasteiger partial charge in [0.25, 0.3) is 0 Å². The molecule has 0 spiro atoms. The normalized spacial score (nSPS) is 17.0. The lowest BCUT2D eigenvalue weighted by molar-refractivity contribution is 0.0250. The Morgan fingerprint density at radius 2 is 1.88 bits per heavy atom. The van der Waals surface area contributed by atoms with Gasteiger partial charge in [0.1, 0.15) is 19.0 Å². The number of nitrogens with one attached hydrogen (secondary N) is 2. The van der Waals surface area contributed by atoms with Crippen LogP contribution in [0.25, 0.3) is 0 Å². The maximum absolute atomic E-state index is 11.9. The van der Waals surface area contributed by atoms with Gasteiger partial charge >= 0.3 is 0 Å². The van der Waals surface area contributed by atoms with E-state index >= 15 is 0 Å². The zero-order chi connectivity index (χ0) is 18.6. The first-order chi connectivity index (χ1) is 12.7. The lowest BCUT2D eigenvalue weighted by Gasteiger charge is -2.12. The number of ether oxygens (including phenoxy) is 3. The van der Waals surface area contributed by atoms with E-state index in [1.54, 1.807) is 0 Å². The monoisotopic (exact) mass is 362 g/mol. The zero-order valence-corrected chi connectivity index (χ0v) is 15.2. The van der Waals surface area contributed by atoms with Crippen LogP contribution in [0.3, 0.4) is 0 Å². The topological polar surface area (TPSA) is 51.8 Å². The van der Waals surface area contributed by atoms with Crippen molar-refractivity contribution in [2.75, 3.05) is 57.4 Å². The highest BCUT2D eigenvalue weighted by Crippen LogP contribution is 2.24. The lowest BCUT2D eigenvalue weighted by atomic mass is 10.1. The number of halogens is 1. The van der Waals surface area contributed by atoms with Crippen LogP contribution in [0.2, 0.25) is 0 Å². The predicted molar refractivity (Wildman–Crippen MR) is 103 cm³/mol. The van der Waals surface area contributed by atoms with Crippen LogP contribution in [-0.4, -0.2) is 46.8 Å². The van der Waals surface area contributed by atoms with Gasteiger partial charge in [-0.05, 0) is 48.4 Å². The Morgan fingerprint density at radius 3 is 2.65 bits per heavy atom. The molecular formula is C20H27FN2O3. The summed E-state index contributed by atoms with van der Waals surface area (Å²) in [7, 11) is 1.90. The fourth-order valence-corrected chi connectivity index (χ4v) is 2.42. The molecule has 2 rings (SSSR count). The molecule has 0 unspecified atom stereocenters. The van der Waals surface area contributed by atoms with Crippen LogP contribution in [0.5, 0.6) is 0 Å². The van der Waals surface area contributed by atoms with Gasteiger partial charge in [0, 0.05) is 24.1 Å². The zero-order valence-electron chi connectivity index (χ0n) is 15.2. The van der Waals surface area contributed by atoms with E-state index in [2.05, 4.69) is 23.3 Å². The largest absolute Gasteiger partial charge is 0.492 e. The van der Waals surface area contributed by atoms with Crippen molar-refractivity contribution in [2.45, 2.75) is 6.42 Å². The van der Waals surface area contributed by atoms with E-state index in [1.165, 1.54) is 0 Å². The van der Waals surface area contributed by atoms with Crippen molar-refractivity contribution in [1.82, 2.24) is 0 Å². The maximum Gasteiger partial charge on any atom is 0.115 e. The first kappa shape index (κ1) is 20.0. The standard InChI is InChI=1S/C20H27FN2O3/c1-16-3-6-19(26-14-13-25-12-11-24-10-9-21)7-4-17-15-18(22-2)5-8-20(17)23-16/h3,5-8,15,22-23H,1,4,9-14H2,2H3/b6-3-,19-7+. The third kappa shape index (κ3) is 6.90. The summed E-state index contributed by atoms with van der Waals surface area (Å²) in [6.45, 7) is 5.37. The number of anilines is 2. The molecule has 6 heteroatoms. The average molecular weight is 362 g/mol. The number of hydrogen-bond donors (Lipinski definition) is 2. The van der Waals surface area contributed by atoms with Gasteiger partial charge in [0.2, 0.25) is 0 Å². The van der Waals surface area contributed by atoms with Crippen molar-refractivity contribution >= 4 is 11.4 Å². The first-order valence-electron chi connectivity index (χ1n) is 8.72. The minimum absolute atomic E-state index is 0.117. The highest BCUT2D eigenvalue weighted by molar-refractivity contribution is 5.63. The molecule has 0 saturated carbocycles. The summed E-state index contributed by atoms with van der Waals surface area (Å²) in [4.78, 5) is 0. The second-order valence-electron chi connectivity index (χ2n) is 5.68. The second-order valence-corrected chi connectivity index (χ2v) is 5.68. The molecule has 26 heavy (non-hydrogen) atoms. The molecule has 1 aromatic rings. The summed E-state index contributed by atoms with van der Waals surface area (Å²) in [6, 6.07) is 6.17. The summed E-state index contributed by atoms with van der Waals surface area (Å²) < 4.78 is 28.1. The SMILES string of the molecule is C=C1/C=C\C(OCCOCCOCCF)=C/Cc2cc(NC)ccc2N1. The van der Waals surface area contributed by atoms with E-state index in [0.717, 1.165) is 34.8 Å². The summed E-state index contributed by atoms with van der Waals surface area (Å²) >= 11 is 0. The van der Waals surface area contributed by atoms with Gasteiger partial charge in [-0.3, -0.25) is 0 Å². The minimum Gasteiger partial charge on any atom is -0.492 e. The molecule has 0 aromatic heterocycles. The van der Waals surface area contributed by atoms with E-state index in [9.17, 15) is 4.39 Å². The van der Waals surface area contributed by atoms with E-state index in [0.29, 0.717) is 26.4 Å². The Bertz CT molecular complexity index is 644. The van der Waals surface area contributed by atoms with E-state index < -0.39 is 6.67 Å². The fourth-order valence-electron chi connectivity index (χ4n) is 2.42. The van der Waals surface area contributed by atoms with Gasteiger partial charge in [0.05, 0.1) is 26.4 Å². The number of benzene rings is 1. The van der Waals surface area contributed by atoms with Crippen LogP contribution in [0.4, 0.5) is 15.8 Å². The first-order valence-corrected chi connectivity index (χ1v) is 8.72. The summed E-state index contributed by atoms with van der Waals surface area (Å²) in [6.07, 6.45) is 6.56. The molecule has 1 aliphatic rings. The quantitative estimate of drug-likeness (QED) is 0.622. The average Bonchev–Trinajstić information content (AvgIpc) is 2.73. The predicted octanol–water partition coefficient (Wildman–Crippen LogP) is 3.67. The fraction of sp³-hybridized carbons (Fsp3) is 0.400. The molecule has 0 aliphatic carbocycles. The molecule has 0 radical (unpaired) electrons. The van der Waals surface area contributed by atoms with Crippen molar-refractivity contribution < 1.29 is 18.6 Å². The van der Waals surface area contributed by atoms with Gasteiger partial charge in [-0.2, -0.15) is 0 Å². The number of alkyl halides is 1. The molecule has 5 nitrogen and oxygen atoms in total. The van der Waals surface area contributed by atoms with Crippen molar-refractivity contribution in [3.63, 3.8) is 0 Å². The number of allylic oxidation sites excluding steroid dienone is 3.